The number of aromatic carboxylic acids is 2. The molecule has 0 spiro atoms. The molecule has 0 aliphatic rings. The molecule has 16 heavy (non-hydrogen) atoms. The van der Waals surface area contributed by atoms with Crippen molar-refractivity contribution in [2.24, 2.45) is 0 Å². The minimum Gasteiger partial charge on any atom is -0.478 e. The predicted molar refractivity (Wildman–Crippen MR) is 51.3 cm³/mol. The van der Waals surface area contributed by atoms with Crippen molar-refractivity contribution in [1.29, 1.82) is 0 Å². The first-order valence-corrected chi connectivity index (χ1v) is 4.17. The molecule has 0 aliphatic carbocycles. The molecule has 0 saturated carbocycles. The Morgan fingerprint density at radius 3 is 2.38 bits per heavy atom. The Morgan fingerprint density at radius 2 is 1.75 bits per heavy atom. The second kappa shape index (κ2) is 3.54. The number of carbonyl (C=O) groups is 2. The molecule has 80 valence electrons. The van der Waals surface area contributed by atoms with Crippen LogP contribution in [0, 0.1) is 0 Å². The van der Waals surface area contributed by atoms with E-state index in [9.17, 15) is 9.59 Å². The average molecular weight is 219 g/mol. The third-order valence-corrected chi connectivity index (χ3v) is 1.96. The van der Waals surface area contributed by atoms with Crippen molar-refractivity contribution in [1.82, 2.24) is 15.2 Å². The Hall–Kier alpha value is -2.57. The van der Waals surface area contributed by atoms with E-state index in [0.29, 0.717) is 5.39 Å². The summed E-state index contributed by atoms with van der Waals surface area (Å²) in [5.74, 6) is -2.74. The first-order chi connectivity index (χ1) is 7.59. The molecule has 7 heteroatoms. The fraction of sp³-hybridized carbons (Fsp3) is 0. The monoisotopic (exact) mass is 219 g/mol. The molecule has 0 aromatic carbocycles. The van der Waals surface area contributed by atoms with Crippen LogP contribution < -0.4 is 0 Å². The molecule has 0 atom stereocenters. The first kappa shape index (κ1) is 9.97. The van der Waals surface area contributed by atoms with Gasteiger partial charge in [-0.05, 0) is 6.07 Å². The van der Waals surface area contributed by atoms with Crippen LogP contribution in [-0.2, 0) is 0 Å². The van der Waals surface area contributed by atoms with Gasteiger partial charge >= 0.3 is 11.9 Å². The molecular weight excluding hydrogens is 214 g/mol. The second-order valence-corrected chi connectivity index (χ2v) is 2.96. The molecule has 0 radical (unpaired) electrons. The van der Waals surface area contributed by atoms with Crippen molar-refractivity contribution in [2.75, 3.05) is 0 Å². The summed E-state index contributed by atoms with van der Waals surface area (Å²) in [5, 5.41) is 25.2. The summed E-state index contributed by atoms with van der Waals surface area (Å²) in [6.45, 7) is 0. The SMILES string of the molecule is O=C(O)c1cc2cnncc2nc1C(=O)O. The summed E-state index contributed by atoms with van der Waals surface area (Å²) in [6, 6.07) is 1.21. The van der Waals surface area contributed by atoms with Gasteiger partial charge in [0.25, 0.3) is 0 Å². The minimum atomic E-state index is -1.39. The van der Waals surface area contributed by atoms with Gasteiger partial charge in [0.2, 0.25) is 0 Å². The van der Waals surface area contributed by atoms with E-state index < -0.39 is 17.6 Å². The maximum absolute atomic E-state index is 10.8. The van der Waals surface area contributed by atoms with Crippen molar-refractivity contribution in [3.63, 3.8) is 0 Å². The molecule has 0 amide bonds. The molecule has 2 aromatic heterocycles. The molecule has 2 aromatic rings. The molecule has 0 bridgehead atoms. The van der Waals surface area contributed by atoms with Crippen LogP contribution >= 0.6 is 0 Å². The summed E-state index contributed by atoms with van der Waals surface area (Å²) in [5.41, 5.74) is -0.585. The zero-order chi connectivity index (χ0) is 11.7. The van der Waals surface area contributed by atoms with E-state index in [1.54, 1.807) is 0 Å². The van der Waals surface area contributed by atoms with E-state index in [1.165, 1.54) is 18.5 Å². The van der Waals surface area contributed by atoms with Crippen LogP contribution in [0.5, 0.6) is 0 Å². The molecule has 0 fully saturated rings. The van der Waals surface area contributed by atoms with Crippen LogP contribution in [0.3, 0.4) is 0 Å². The number of hydrogen-bond acceptors (Lipinski definition) is 5. The minimum absolute atomic E-state index is 0.289. The molecule has 7 nitrogen and oxygen atoms in total. The summed E-state index contributed by atoms with van der Waals surface area (Å²) < 4.78 is 0. The summed E-state index contributed by atoms with van der Waals surface area (Å²) in [4.78, 5) is 25.4. The predicted octanol–water partition coefficient (Wildman–Crippen LogP) is 0.421. The highest BCUT2D eigenvalue weighted by Gasteiger charge is 2.18. The van der Waals surface area contributed by atoms with E-state index in [1.807, 2.05) is 0 Å². The molecule has 0 saturated heterocycles. The Kier molecular flexibility index (Phi) is 2.20. The lowest BCUT2D eigenvalue weighted by atomic mass is 10.1. The van der Waals surface area contributed by atoms with Gasteiger partial charge in [-0.2, -0.15) is 10.2 Å². The largest absolute Gasteiger partial charge is 0.478 e. The van der Waals surface area contributed by atoms with Crippen LogP contribution in [0.1, 0.15) is 20.8 Å². The quantitative estimate of drug-likeness (QED) is 0.752. The average Bonchev–Trinajstić information content (AvgIpc) is 2.27. The van der Waals surface area contributed by atoms with Crippen LogP contribution in [0.25, 0.3) is 10.9 Å². The summed E-state index contributed by atoms with van der Waals surface area (Å²) in [6.07, 6.45) is 2.59. The molecule has 0 unspecified atom stereocenters. The van der Waals surface area contributed by atoms with Gasteiger partial charge in [0, 0.05) is 5.39 Å². The summed E-state index contributed by atoms with van der Waals surface area (Å²) >= 11 is 0. The number of carboxylic acid groups (broad SMARTS) is 2. The van der Waals surface area contributed by atoms with Crippen molar-refractivity contribution in [3.8, 4) is 0 Å². The van der Waals surface area contributed by atoms with Gasteiger partial charge in [-0.3, -0.25) is 0 Å². The summed E-state index contributed by atoms with van der Waals surface area (Å²) in [7, 11) is 0. The maximum Gasteiger partial charge on any atom is 0.355 e. The lowest BCUT2D eigenvalue weighted by Crippen LogP contribution is -2.10. The fourth-order valence-corrected chi connectivity index (χ4v) is 1.26. The zero-order valence-corrected chi connectivity index (χ0v) is 7.78. The van der Waals surface area contributed by atoms with Gasteiger partial charge in [-0.1, -0.05) is 0 Å². The number of fused-ring (bicyclic) bond motifs is 1. The molecule has 2 N–H and O–H groups in total. The van der Waals surface area contributed by atoms with Gasteiger partial charge < -0.3 is 10.2 Å². The molecule has 2 rings (SSSR count). The number of carboxylic acids is 2. The highest BCUT2D eigenvalue weighted by atomic mass is 16.4. The highest BCUT2D eigenvalue weighted by molar-refractivity contribution is 6.03. The van der Waals surface area contributed by atoms with Crippen LogP contribution in [0.2, 0.25) is 0 Å². The van der Waals surface area contributed by atoms with Crippen molar-refractivity contribution >= 4 is 22.8 Å². The zero-order valence-electron chi connectivity index (χ0n) is 7.78. The lowest BCUT2D eigenvalue weighted by Gasteiger charge is -2.02. The normalized spacial score (nSPS) is 10.2. The second-order valence-electron chi connectivity index (χ2n) is 2.96. The Labute approximate surface area is 88.4 Å². The van der Waals surface area contributed by atoms with Crippen molar-refractivity contribution in [3.05, 3.63) is 29.7 Å². The number of pyridine rings is 1. The number of rotatable bonds is 2. The van der Waals surface area contributed by atoms with Crippen molar-refractivity contribution in [2.45, 2.75) is 0 Å². The highest BCUT2D eigenvalue weighted by Crippen LogP contribution is 2.15. The maximum atomic E-state index is 10.8. The lowest BCUT2D eigenvalue weighted by molar-refractivity contribution is 0.0647. The van der Waals surface area contributed by atoms with E-state index in [-0.39, 0.29) is 11.1 Å². The van der Waals surface area contributed by atoms with E-state index >= 15 is 0 Å². The molecule has 0 aliphatic heterocycles. The topological polar surface area (TPSA) is 113 Å². The van der Waals surface area contributed by atoms with Crippen LogP contribution in [0.4, 0.5) is 0 Å². The third-order valence-electron chi connectivity index (χ3n) is 1.96. The fourth-order valence-electron chi connectivity index (χ4n) is 1.26. The van der Waals surface area contributed by atoms with Gasteiger partial charge in [0.05, 0.1) is 23.5 Å². The van der Waals surface area contributed by atoms with E-state index in [4.69, 9.17) is 10.2 Å². The number of aromatic nitrogens is 3. The van der Waals surface area contributed by atoms with Crippen molar-refractivity contribution < 1.29 is 19.8 Å². The van der Waals surface area contributed by atoms with E-state index in [0.717, 1.165) is 0 Å². The Morgan fingerprint density at radius 1 is 1.06 bits per heavy atom. The van der Waals surface area contributed by atoms with Gasteiger partial charge in [-0.25, -0.2) is 14.6 Å². The van der Waals surface area contributed by atoms with Gasteiger partial charge in [-0.15, -0.1) is 0 Å². The molecule has 2 heterocycles. The van der Waals surface area contributed by atoms with E-state index in [2.05, 4.69) is 15.2 Å². The third kappa shape index (κ3) is 1.54. The number of nitrogens with zero attached hydrogens (tertiary/aromatic N) is 3. The standard InChI is InChI=1S/C9H5N3O4/c13-8(14)5-1-4-2-10-11-3-6(4)12-7(5)9(15)16/h1-3H,(H,13,14)(H,15,16). The molecular formula is C9H5N3O4. The van der Waals surface area contributed by atoms with Gasteiger partial charge in [0.15, 0.2) is 5.69 Å². The Balaban J connectivity index is 2.81. The van der Waals surface area contributed by atoms with Crippen LogP contribution in [0.15, 0.2) is 18.5 Å². The first-order valence-electron chi connectivity index (χ1n) is 4.17. The van der Waals surface area contributed by atoms with Gasteiger partial charge in [0.1, 0.15) is 0 Å². The van der Waals surface area contributed by atoms with Crippen LogP contribution in [-0.4, -0.2) is 37.3 Å². The Bertz CT molecular complexity index is 544. The smallest absolute Gasteiger partial charge is 0.355 e. The number of hydrogen-bond donors (Lipinski definition) is 2.